The van der Waals surface area contributed by atoms with E-state index in [1.54, 1.807) is 19.1 Å². The molecule has 1 fully saturated rings. The molecule has 0 spiro atoms. The fourth-order valence-corrected chi connectivity index (χ4v) is 3.22. The summed E-state index contributed by atoms with van der Waals surface area (Å²) in [7, 11) is 0. The second kappa shape index (κ2) is 6.46. The van der Waals surface area contributed by atoms with Gasteiger partial charge in [0, 0.05) is 30.3 Å². The van der Waals surface area contributed by atoms with E-state index in [2.05, 4.69) is 0 Å². The van der Waals surface area contributed by atoms with Crippen LogP contribution in [0.5, 0.6) is 0 Å². The minimum Gasteiger partial charge on any atom is -0.481 e. The van der Waals surface area contributed by atoms with Crippen LogP contribution in [0, 0.1) is 15.5 Å². The number of carbonyl (C=O) groups excluding carboxylic acids is 1. The lowest BCUT2D eigenvalue weighted by molar-refractivity contribution is -0.386. The number of nitro benzene ring substituents is 1. The van der Waals surface area contributed by atoms with Gasteiger partial charge in [0.05, 0.1) is 10.3 Å². The molecule has 0 bridgehead atoms. The predicted molar refractivity (Wildman–Crippen MR) is 92.7 cm³/mol. The third-order valence-corrected chi connectivity index (χ3v) is 4.75. The van der Waals surface area contributed by atoms with E-state index in [0.29, 0.717) is 24.9 Å². The second-order valence-electron chi connectivity index (χ2n) is 7.94. The third-order valence-electron chi connectivity index (χ3n) is 4.75. The van der Waals surface area contributed by atoms with Gasteiger partial charge in [0.1, 0.15) is 0 Å². The van der Waals surface area contributed by atoms with Crippen molar-refractivity contribution >= 4 is 17.6 Å². The number of rotatable bonds is 3. The monoisotopic (exact) mass is 348 g/mol. The van der Waals surface area contributed by atoms with Crippen molar-refractivity contribution in [1.82, 2.24) is 4.90 Å². The molecule has 1 N–H and O–H groups in total. The number of nitrogens with zero attached hydrogens (tertiary/aromatic N) is 2. The van der Waals surface area contributed by atoms with E-state index >= 15 is 0 Å². The van der Waals surface area contributed by atoms with Gasteiger partial charge in [-0.1, -0.05) is 26.8 Å². The molecule has 0 aromatic heterocycles. The highest BCUT2D eigenvalue weighted by molar-refractivity contribution is 5.95. The van der Waals surface area contributed by atoms with E-state index in [1.807, 2.05) is 20.8 Å². The van der Waals surface area contributed by atoms with E-state index in [4.69, 9.17) is 0 Å². The topological polar surface area (TPSA) is 101 Å². The molecule has 1 atom stereocenters. The fraction of sp³-hybridized carbons (Fsp3) is 0.556. The molecule has 1 aromatic carbocycles. The number of benzene rings is 1. The first kappa shape index (κ1) is 18.9. The Bertz CT molecular complexity index is 723. The molecule has 136 valence electrons. The van der Waals surface area contributed by atoms with Gasteiger partial charge < -0.3 is 10.0 Å². The summed E-state index contributed by atoms with van der Waals surface area (Å²) < 4.78 is 0. The van der Waals surface area contributed by atoms with E-state index in [9.17, 15) is 24.8 Å². The Morgan fingerprint density at radius 3 is 2.48 bits per heavy atom. The van der Waals surface area contributed by atoms with Crippen molar-refractivity contribution in [2.75, 3.05) is 13.1 Å². The Morgan fingerprint density at radius 2 is 1.96 bits per heavy atom. The molecular weight excluding hydrogens is 324 g/mol. The Hall–Kier alpha value is -2.44. The zero-order chi connectivity index (χ0) is 19.0. The molecule has 1 unspecified atom stereocenters. The molecule has 0 radical (unpaired) electrons. The van der Waals surface area contributed by atoms with Crippen LogP contribution >= 0.6 is 0 Å². The van der Waals surface area contributed by atoms with Crippen molar-refractivity contribution < 1.29 is 19.6 Å². The first-order valence-corrected chi connectivity index (χ1v) is 8.27. The summed E-state index contributed by atoms with van der Waals surface area (Å²) >= 11 is 0. The molecule has 1 heterocycles. The van der Waals surface area contributed by atoms with Gasteiger partial charge in [-0.05, 0) is 31.2 Å². The molecule has 0 aliphatic carbocycles. The Balaban J connectivity index is 2.35. The van der Waals surface area contributed by atoms with Gasteiger partial charge in [0.15, 0.2) is 0 Å². The fourth-order valence-electron chi connectivity index (χ4n) is 3.22. The second-order valence-corrected chi connectivity index (χ2v) is 7.94. The van der Waals surface area contributed by atoms with E-state index in [1.165, 1.54) is 11.0 Å². The third kappa shape index (κ3) is 3.81. The molecule has 1 aromatic rings. The number of likely N-dealkylation sites (tertiary alicyclic amines) is 1. The van der Waals surface area contributed by atoms with Gasteiger partial charge in [-0.25, -0.2) is 0 Å². The lowest BCUT2D eigenvalue weighted by Gasteiger charge is -2.37. The summed E-state index contributed by atoms with van der Waals surface area (Å²) in [6.45, 7) is 7.81. The molecule has 1 aliphatic rings. The van der Waals surface area contributed by atoms with Crippen LogP contribution in [-0.2, 0) is 10.2 Å². The van der Waals surface area contributed by atoms with Crippen LogP contribution < -0.4 is 0 Å². The number of amides is 1. The van der Waals surface area contributed by atoms with Crippen molar-refractivity contribution in [3.63, 3.8) is 0 Å². The van der Waals surface area contributed by atoms with Gasteiger partial charge >= 0.3 is 5.97 Å². The van der Waals surface area contributed by atoms with Gasteiger partial charge in [-0.2, -0.15) is 0 Å². The average molecular weight is 348 g/mol. The maximum Gasteiger partial charge on any atom is 0.311 e. The van der Waals surface area contributed by atoms with Crippen LogP contribution in [0.3, 0.4) is 0 Å². The summed E-state index contributed by atoms with van der Waals surface area (Å²) in [5.41, 5.74) is -0.712. The summed E-state index contributed by atoms with van der Waals surface area (Å²) in [5.74, 6) is -1.30. The standard InChI is InChI=1S/C18H24N2O5/c1-17(2,3)13-7-6-12(10-14(13)20(24)25)15(21)19-9-5-8-18(4,11-19)16(22)23/h6-7,10H,5,8-9,11H2,1-4H3,(H,22,23). The van der Waals surface area contributed by atoms with E-state index in [0.717, 1.165) is 0 Å². The minimum atomic E-state index is -0.981. The first-order chi connectivity index (χ1) is 11.5. The van der Waals surface area contributed by atoms with Gasteiger partial charge in [-0.3, -0.25) is 19.7 Å². The van der Waals surface area contributed by atoms with Crippen LogP contribution in [0.25, 0.3) is 0 Å². The molecule has 1 saturated heterocycles. The van der Waals surface area contributed by atoms with Crippen molar-refractivity contribution in [1.29, 1.82) is 0 Å². The molecule has 7 nitrogen and oxygen atoms in total. The maximum absolute atomic E-state index is 12.8. The first-order valence-electron chi connectivity index (χ1n) is 8.27. The highest BCUT2D eigenvalue weighted by Gasteiger charge is 2.39. The number of carboxylic acids is 1. The van der Waals surface area contributed by atoms with Crippen molar-refractivity contribution in [3.05, 3.63) is 39.4 Å². The van der Waals surface area contributed by atoms with Crippen molar-refractivity contribution in [3.8, 4) is 0 Å². The summed E-state index contributed by atoms with van der Waals surface area (Å²) in [4.78, 5) is 36.6. The summed E-state index contributed by atoms with van der Waals surface area (Å²) in [6.07, 6.45) is 1.10. The smallest absolute Gasteiger partial charge is 0.311 e. The van der Waals surface area contributed by atoms with Crippen LogP contribution in [0.1, 0.15) is 56.5 Å². The number of carbonyl (C=O) groups is 2. The normalized spacial score (nSPS) is 21.0. The Labute approximate surface area is 146 Å². The Kier molecular flexibility index (Phi) is 4.88. The van der Waals surface area contributed by atoms with Gasteiger partial charge in [-0.15, -0.1) is 0 Å². The largest absolute Gasteiger partial charge is 0.481 e. The predicted octanol–water partition coefficient (Wildman–Crippen LogP) is 3.22. The van der Waals surface area contributed by atoms with Crippen LogP contribution in [0.15, 0.2) is 18.2 Å². The number of hydrogen-bond donors (Lipinski definition) is 1. The number of aliphatic carboxylic acids is 1. The average Bonchev–Trinajstić information content (AvgIpc) is 2.52. The van der Waals surface area contributed by atoms with Gasteiger partial charge in [0.25, 0.3) is 11.6 Å². The number of nitro groups is 1. The minimum absolute atomic E-state index is 0.0867. The van der Waals surface area contributed by atoms with Crippen LogP contribution in [-0.4, -0.2) is 39.9 Å². The molecule has 1 aliphatic heterocycles. The molecule has 0 saturated carbocycles. The van der Waals surface area contributed by atoms with E-state index in [-0.39, 0.29) is 23.7 Å². The SMILES string of the molecule is CC1(C(=O)O)CCCN(C(=O)c2ccc(C(C)(C)C)c([N+](=O)[O-])c2)C1. The van der Waals surface area contributed by atoms with Crippen molar-refractivity contribution in [2.24, 2.45) is 5.41 Å². The van der Waals surface area contributed by atoms with E-state index < -0.39 is 21.7 Å². The molecule has 1 amide bonds. The summed E-state index contributed by atoms with van der Waals surface area (Å²) in [6, 6.07) is 4.50. The van der Waals surface area contributed by atoms with Gasteiger partial charge in [0.2, 0.25) is 0 Å². The lowest BCUT2D eigenvalue weighted by Crippen LogP contribution is -2.48. The van der Waals surface area contributed by atoms with Crippen molar-refractivity contribution in [2.45, 2.75) is 46.0 Å². The summed E-state index contributed by atoms with van der Waals surface area (Å²) in [5, 5.41) is 20.8. The zero-order valence-corrected chi connectivity index (χ0v) is 15.0. The Morgan fingerprint density at radius 1 is 1.32 bits per heavy atom. The molecular formula is C18H24N2O5. The van der Waals surface area contributed by atoms with Crippen LogP contribution in [0.2, 0.25) is 0 Å². The maximum atomic E-state index is 12.8. The van der Waals surface area contributed by atoms with Crippen LogP contribution in [0.4, 0.5) is 5.69 Å². The number of carboxylic acid groups (broad SMARTS) is 1. The molecule has 2 rings (SSSR count). The molecule has 25 heavy (non-hydrogen) atoms. The highest BCUT2D eigenvalue weighted by Crippen LogP contribution is 2.34. The lowest BCUT2D eigenvalue weighted by atomic mass is 9.81. The highest BCUT2D eigenvalue weighted by atomic mass is 16.6. The molecule has 7 heteroatoms. The zero-order valence-electron chi connectivity index (χ0n) is 15.0. The number of hydrogen-bond acceptors (Lipinski definition) is 4. The quantitative estimate of drug-likeness (QED) is 0.667. The number of piperidine rings is 1.